The molecule has 1 saturated heterocycles. The fourth-order valence-corrected chi connectivity index (χ4v) is 2.29. The van der Waals surface area contributed by atoms with Crippen LogP contribution in [0.1, 0.15) is 30.9 Å². The topological polar surface area (TPSA) is 38.7 Å². The van der Waals surface area contributed by atoms with Crippen LogP contribution in [0.2, 0.25) is 0 Å². The second-order valence-electron chi connectivity index (χ2n) is 4.17. The van der Waals surface area contributed by atoms with Crippen molar-refractivity contribution in [2.24, 2.45) is 0 Å². The number of hydrogen-bond donors (Lipinski definition) is 1. The summed E-state index contributed by atoms with van der Waals surface area (Å²) in [7, 11) is 0. The van der Waals surface area contributed by atoms with E-state index in [4.69, 9.17) is 9.47 Å². The molecule has 94 valence electrons. The van der Waals surface area contributed by atoms with Gasteiger partial charge in [-0.2, -0.15) is 0 Å². The molecule has 1 aromatic rings. The maximum atomic E-state index is 10.0. The Bertz CT molecular complexity index is 350. The predicted molar refractivity (Wildman–Crippen MR) is 68.6 cm³/mol. The molecule has 1 aromatic carbocycles. The number of benzene rings is 1. The highest BCUT2D eigenvalue weighted by atomic mass is 79.9. The van der Waals surface area contributed by atoms with E-state index in [1.54, 1.807) is 0 Å². The van der Waals surface area contributed by atoms with Gasteiger partial charge >= 0.3 is 0 Å². The van der Waals surface area contributed by atoms with Crippen LogP contribution >= 0.6 is 15.9 Å². The van der Waals surface area contributed by atoms with Crippen molar-refractivity contribution in [3.8, 4) is 0 Å². The molecule has 1 heterocycles. The molecule has 2 rings (SSSR count). The molecule has 1 fully saturated rings. The second kappa shape index (κ2) is 6.50. The van der Waals surface area contributed by atoms with E-state index in [1.165, 1.54) is 0 Å². The number of hydrogen-bond acceptors (Lipinski definition) is 3. The summed E-state index contributed by atoms with van der Waals surface area (Å²) in [6.45, 7) is 1.52. The molecule has 17 heavy (non-hydrogen) atoms. The van der Waals surface area contributed by atoms with Crippen LogP contribution in [0, 0.1) is 0 Å². The predicted octanol–water partition coefficient (Wildman–Crippen LogP) is 3.03. The van der Waals surface area contributed by atoms with Crippen LogP contribution in [0.15, 0.2) is 28.7 Å². The Morgan fingerprint density at radius 1 is 1.35 bits per heavy atom. The average molecular weight is 301 g/mol. The highest BCUT2D eigenvalue weighted by Crippen LogP contribution is 2.23. The Morgan fingerprint density at radius 2 is 2.12 bits per heavy atom. The smallest absolute Gasteiger partial charge is 0.157 e. The van der Waals surface area contributed by atoms with Crippen LogP contribution in [-0.2, 0) is 9.47 Å². The molecule has 4 heteroatoms. The lowest BCUT2D eigenvalue weighted by Crippen LogP contribution is -2.25. The zero-order chi connectivity index (χ0) is 12.1. The standard InChI is InChI=1S/C13H17BrO3/c14-11-4-1-3-10(9-11)12(15)5-6-13-16-7-2-8-17-13/h1,3-4,9,12-13,15H,2,5-8H2/t12-/m0/s1. The van der Waals surface area contributed by atoms with E-state index in [9.17, 15) is 5.11 Å². The van der Waals surface area contributed by atoms with Crippen LogP contribution < -0.4 is 0 Å². The number of aliphatic hydroxyl groups excluding tert-OH is 1. The Hall–Kier alpha value is -0.420. The van der Waals surface area contributed by atoms with Gasteiger partial charge in [-0.3, -0.25) is 0 Å². The number of ether oxygens (including phenoxy) is 2. The number of halogens is 1. The van der Waals surface area contributed by atoms with Gasteiger partial charge in [0.1, 0.15) is 0 Å². The Morgan fingerprint density at radius 3 is 2.82 bits per heavy atom. The van der Waals surface area contributed by atoms with Crippen molar-refractivity contribution in [2.75, 3.05) is 13.2 Å². The molecule has 3 nitrogen and oxygen atoms in total. The molecule has 0 aliphatic carbocycles. The molecule has 1 aliphatic rings. The highest BCUT2D eigenvalue weighted by Gasteiger charge is 2.16. The first kappa shape index (κ1) is 13.0. The second-order valence-corrected chi connectivity index (χ2v) is 5.09. The van der Waals surface area contributed by atoms with Gasteiger partial charge in [-0.25, -0.2) is 0 Å². The van der Waals surface area contributed by atoms with Gasteiger partial charge in [0.25, 0.3) is 0 Å². The van der Waals surface area contributed by atoms with E-state index < -0.39 is 6.10 Å². The van der Waals surface area contributed by atoms with E-state index >= 15 is 0 Å². The lowest BCUT2D eigenvalue weighted by Gasteiger charge is -2.24. The van der Waals surface area contributed by atoms with Gasteiger partial charge in [0.2, 0.25) is 0 Å². The fourth-order valence-electron chi connectivity index (χ4n) is 1.88. The van der Waals surface area contributed by atoms with Crippen molar-refractivity contribution >= 4 is 15.9 Å². The zero-order valence-electron chi connectivity index (χ0n) is 9.64. The molecular formula is C13H17BrO3. The van der Waals surface area contributed by atoms with E-state index in [2.05, 4.69) is 15.9 Å². The SMILES string of the molecule is O[C@@H](CCC1OCCCO1)c1cccc(Br)c1. The molecular weight excluding hydrogens is 284 g/mol. The third kappa shape index (κ3) is 4.07. The third-order valence-electron chi connectivity index (χ3n) is 2.81. The lowest BCUT2D eigenvalue weighted by atomic mass is 10.0. The minimum absolute atomic E-state index is 0.148. The third-order valence-corrected chi connectivity index (χ3v) is 3.30. The molecule has 1 aliphatic heterocycles. The average Bonchev–Trinajstić information content (AvgIpc) is 2.37. The van der Waals surface area contributed by atoms with E-state index in [0.717, 1.165) is 36.1 Å². The molecule has 0 aromatic heterocycles. The monoisotopic (exact) mass is 300 g/mol. The summed E-state index contributed by atoms with van der Waals surface area (Å²) in [6, 6.07) is 7.74. The van der Waals surface area contributed by atoms with Crippen LogP contribution in [0.4, 0.5) is 0 Å². The summed E-state index contributed by atoms with van der Waals surface area (Å²) < 4.78 is 11.9. The Kier molecular flexibility index (Phi) is 4.98. The summed E-state index contributed by atoms with van der Waals surface area (Å²) in [4.78, 5) is 0. The van der Waals surface area contributed by atoms with E-state index in [-0.39, 0.29) is 6.29 Å². The quantitative estimate of drug-likeness (QED) is 0.929. The zero-order valence-corrected chi connectivity index (χ0v) is 11.2. The maximum absolute atomic E-state index is 10.0. The molecule has 0 spiro atoms. The van der Waals surface area contributed by atoms with Crippen LogP contribution in [0.5, 0.6) is 0 Å². The van der Waals surface area contributed by atoms with Crippen molar-refractivity contribution < 1.29 is 14.6 Å². The van der Waals surface area contributed by atoms with Crippen molar-refractivity contribution in [3.05, 3.63) is 34.3 Å². The molecule has 0 radical (unpaired) electrons. The van der Waals surface area contributed by atoms with Gasteiger partial charge < -0.3 is 14.6 Å². The number of rotatable bonds is 4. The summed E-state index contributed by atoms with van der Waals surface area (Å²) in [6.07, 6.45) is 1.74. The van der Waals surface area contributed by atoms with Gasteiger partial charge in [-0.05, 0) is 30.5 Å². The molecule has 0 unspecified atom stereocenters. The van der Waals surface area contributed by atoms with Crippen LogP contribution in [-0.4, -0.2) is 24.6 Å². The van der Waals surface area contributed by atoms with Gasteiger partial charge in [-0.15, -0.1) is 0 Å². The largest absolute Gasteiger partial charge is 0.388 e. The highest BCUT2D eigenvalue weighted by molar-refractivity contribution is 9.10. The summed E-state index contributed by atoms with van der Waals surface area (Å²) in [5.74, 6) is 0. The summed E-state index contributed by atoms with van der Waals surface area (Å²) >= 11 is 3.40. The van der Waals surface area contributed by atoms with Crippen molar-refractivity contribution in [2.45, 2.75) is 31.7 Å². The number of aliphatic hydroxyl groups is 1. The minimum atomic E-state index is -0.457. The normalized spacial score (nSPS) is 19.2. The van der Waals surface area contributed by atoms with Gasteiger partial charge in [0.05, 0.1) is 19.3 Å². The van der Waals surface area contributed by atoms with E-state index in [1.807, 2.05) is 24.3 Å². The maximum Gasteiger partial charge on any atom is 0.157 e. The molecule has 0 saturated carbocycles. The van der Waals surface area contributed by atoms with E-state index in [0.29, 0.717) is 6.42 Å². The van der Waals surface area contributed by atoms with Crippen molar-refractivity contribution in [1.82, 2.24) is 0 Å². The lowest BCUT2D eigenvalue weighted by molar-refractivity contribution is -0.183. The van der Waals surface area contributed by atoms with Crippen molar-refractivity contribution in [3.63, 3.8) is 0 Å². The summed E-state index contributed by atoms with van der Waals surface area (Å²) in [5, 5.41) is 10.0. The molecule has 0 bridgehead atoms. The molecule has 1 N–H and O–H groups in total. The Labute approximate surface area is 110 Å². The minimum Gasteiger partial charge on any atom is -0.388 e. The fraction of sp³-hybridized carbons (Fsp3) is 0.538. The van der Waals surface area contributed by atoms with Gasteiger partial charge in [0, 0.05) is 10.9 Å². The van der Waals surface area contributed by atoms with Crippen LogP contribution in [0.3, 0.4) is 0 Å². The van der Waals surface area contributed by atoms with Crippen LogP contribution in [0.25, 0.3) is 0 Å². The van der Waals surface area contributed by atoms with Gasteiger partial charge in [0.15, 0.2) is 6.29 Å². The van der Waals surface area contributed by atoms with Gasteiger partial charge in [-0.1, -0.05) is 28.1 Å². The first-order chi connectivity index (χ1) is 8.25. The van der Waals surface area contributed by atoms with Crippen molar-refractivity contribution in [1.29, 1.82) is 0 Å². The summed E-state index contributed by atoms with van der Waals surface area (Å²) in [5.41, 5.74) is 0.926. The first-order valence-corrected chi connectivity index (χ1v) is 6.72. The molecule has 0 amide bonds. The Balaban J connectivity index is 1.82. The molecule has 1 atom stereocenters. The first-order valence-electron chi connectivity index (χ1n) is 5.92.